The quantitative estimate of drug-likeness (QED) is 0.505. The van der Waals surface area contributed by atoms with Gasteiger partial charge in [0.2, 0.25) is 0 Å². The van der Waals surface area contributed by atoms with Gasteiger partial charge in [-0.25, -0.2) is 4.79 Å². The number of rotatable bonds is 5. The van der Waals surface area contributed by atoms with Crippen LogP contribution in [-0.4, -0.2) is 18.9 Å². The van der Waals surface area contributed by atoms with E-state index in [0.717, 1.165) is 0 Å². The fourth-order valence-corrected chi connectivity index (χ4v) is 0.836. The number of carbonyl (C=O) groups excluding carboxylic acids is 1. The van der Waals surface area contributed by atoms with Gasteiger partial charge >= 0.3 is 6.16 Å². The molecule has 0 saturated carbocycles. The highest BCUT2D eigenvalue weighted by atomic mass is 16.7. The average molecular weight is 200 g/mol. The molecule has 0 aliphatic rings. The minimum atomic E-state index is -0.614. The van der Waals surface area contributed by atoms with Gasteiger partial charge in [0.1, 0.15) is 6.10 Å². The monoisotopic (exact) mass is 200 g/mol. The molecule has 0 aromatic carbocycles. The minimum absolute atomic E-state index is 0.221. The van der Waals surface area contributed by atoms with Crippen LogP contribution in [0.4, 0.5) is 4.79 Å². The molecule has 0 spiro atoms. The van der Waals surface area contributed by atoms with Crippen molar-refractivity contribution in [1.29, 1.82) is 0 Å². The molecule has 82 valence electrons. The average Bonchev–Trinajstić information content (AvgIpc) is 2.10. The van der Waals surface area contributed by atoms with E-state index in [9.17, 15) is 4.79 Å². The third-order valence-corrected chi connectivity index (χ3v) is 1.66. The van der Waals surface area contributed by atoms with Crippen LogP contribution in [-0.2, 0) is 9.47 Å². The van der Waals surface area contributed by atoms with Gasteiger partial charge in [-0.15, -0.1) is 0 Å². The largest absolute Gasteiger partial charge is 0.508 e. The van der Waals surface area contributed by atoms with Crippen molar-refractivity contribution in [1.82, 2.24) is 0 Å². The van der Waals surface area contributed by atoms with E-state index in [4.69, 9.17) is 9.47 Å². The maximum atomic E-state index is 11.1. The Morgan fingerprint density at radius 2 is 1.93 bits per heavy atom. The molecule has 0 aliphatic carbocycles. The lowest BCUT2D eigenvalue weighted by molar-refractivity contribution is 0.0189. The molecule has 0 saturated heterocycles. The molecule has 0 aliphatic heterocycles. The Morgan fingerprint density at radius 1 is 1.36 bits per heavy atom. The lowest BCUT2D eigenvalue weighted by Crippen LogP contribution is -2.22. The lowest BCUT2D eigenvalue weighted by Gasteiger charge is -2.17. The van der Waals surface area contributed by atoms with Gasteiger partial charge in [0.05, 0.1) is 6.61 Å². The topological polar surface area (TPSA) is 35.5 Å². The van der Waals surface area contributed by atoms with Crippen LogP contribution in [0.25, 0.3) is 0 Å². The zero-order valence-electron chi connectivity index (χ0n) is 9.45. The molecule has 0 amide bonds. The maximum Gasteiger partial charge on any atom is 0.508 e. The van der Waals surface area contributed by atoms with Crippen molar-refractivity contribution in [3.8, 4) is 0 Å². The summed E-state index contributed by atoms with van der Waals surface area (Å²) >= 11 is 0. The van der Waals surface area contributed by atoms with Gasteiger partial charge in [0, 0.05) is 0 Å². The van der Waals surface area contributed by atoms with Gasteiger partial charge in [-0.2, -0.15) is 0 Å². The van der Waals surface area contributed by atoms with E-state index in [1.165, 1.54) is 0 Å². The van der Waals surface area contributed by atoms with Crippen LogP contribution >= 0.6 is 0 Å². The van der Waals surface area contributed by atoms with Crippen LogP contribution in [0.1, 0.15) is 27.7 Å². The van der Waals surface area contributed by atoms with E-state index >= 15 is 0 Å². The summed E-state index contributed by atoms with van der Waals surface area (Å²) in [5, 5.41) is 0. The van der Waals surface area contributed by atoms with E-state index in [1.807, 2.05) is 27.7 Å². The second kappa shape index (κ2) is 6.46. The van der Waals surface area contributed by atoms with Gasteiger partial charge in [0.15, 0.2) is 0 Å². The highest BCUT2D eigenvalue weighted by molar-refractivity contribution is 5.60. The van der Waals surface area contributed by atoms with Crippen molar-refractivity contribution in [2.24, 2.45) is 11.8 Å². The van der Waals surface area contributed by atoms with Crippen molar-refractivity contribution in [3.63, 3.8) is 0 Å². The first kappa shape index (κ1) is 13.0. The summed E-state index contributed by atoms with van der Waals surface area (Å²) in [7, 11) is 0. The molecule has 0 aromatic heterocycles. The number of ether oxygens (including phenoxy) is 2. The third-order valence-electron chi connectivity index (χ3n) is 1.66. The summed E-state index contributed by atoms with van der Waals surface area (Å²) < 4.78 is 9.91. The first-order chi connectivity index (χ1) is 6.47. The van der Waals surface area contributed by atoms with Gasteiger partial charge in [-0.05, 0) is 11.8 Å². The molecule has 0 aromatic rings. The van der Waals surface area contributed by atoms with Crippen LogP contribution in [0.15, 0.2) is 12.7 Å². The predicted octanol–water partition coefficient (Wildman–Crippen LogP) is 3.01. The van der Waals surface area contributed by atoms with Crippen LogP contribution in [0.3, 0.4) is 0 Å². The second-order valence-corrected chi connectivity index (χ2v) is 4.02. The van der Waals surface area contributed by atoms with Crippen LogP contribution < -0.4 is 0 Å². The summed E-state index contributed by atoms with van der Waals surface area (Å²) in [6.07, 6.45) is 0.730. The fraction of sp³-hybridized carbons (Fsp3) is 0.727. The van der Waals surface area contributed by atoms with E-state index in [1.54, 1.807) is 6.08 Å². The number of hydrogen-bond donors (Lipinski definition) is 0. The second-order valence-electron chi connectivity index (χ2n) is 4.02. The van der Waals surface area contributed by atoms with E-state index in [2.05, 4.69) is 6.58 Å². The highest BCUT2D eigenvalue weighted by Crippen LogP contribution is 2.08. The summed E-state index contributed by atoms with van der Waals surface area (Å²) in [6, 6.07) is 0. The summed E-state index contributed by atoms with van der Waals surface area (Å²) in [5.41, 5.74) is 0. The molecule has 0 rings (SSSR count). The minimum Gasteiger partial charge on any atom is -0.434 e. The van der Waals surface area contributed by atoms with Crippen molar-refractivity contribution in [3.05, 3.63) is 12.7 Å². The van der Waals surface area contributed by atoms with Gasteiger partial charge in [-0.3, -0.25) is 0 Å². The molecule has 0 heterocycles. The summed E-state index contributed by atoms with van der Waals surface area (Å²) in [4.78, 5) is 11.1. The molecule has 0 fully saturated rings. The Kier molecular flexibility index (Phi) is 6.00. The Bertz CT molecular complexity index is 185. The van der Waals surface area contributed by atoms with Crippen LogP contribution in [0, 0.1) is 11.8 Å². The number of hydrogen-bond acceptors (Lipinski definition) is 3. The first-order valence-electron chi connectivity index (χ1n) is 4.93. The summed E-state index contributed by atoms with van der Waals surface area (Å²) in [6.45, 7) is 11.9. The van der Waals surface area contributed by atoms with Crippen LogP contribution in [0.2, 0.25) is 0 Å². The fourth-order valence-electron chi connectivity index (χ4n) is 0.836. The molecule has 0 N–H and O–H groups in total. The molecular weight excluding hydrogens is 180 g/mol. The molecule has 1 unspecified atom stereocenters. The SMILES string of the molecule is C=CC(OC(=O)OCC(C)C)C(C)C. The highest BCUT2D eigenvalue weighted by Gasteiger charge is 2.15. The van der Waals surface area contributed by atoms with Gasteiger partial charge in [-0.1, -0.05) is 40.3 Å². The van der Waals surface area contributed by atoms with Gasteiger partial charge < -0.3 is 9.47 Å². The Morgan fingerprint density at radius 3 is 2.29 bits per heavy atom. The van der Waals surface area contributed by atoms with Crippen molar-refractivity contribution in [2.45, 2.75) is 33.8 Å². The Balaban J connectivity index is 3.85. The van der Waals surface area contributed by atoms with Crippen molar-refractivity contribution in [2.75, 3.05) is 6.61 Å². The molecule has 1 atom stereocenters. The Labute approximate surface area is 86.1 Å². The maximum absolute atomic E-state index is 11.1. The Hall–Kier alpha value is -0.990. The smallest absolute Gasteiger partial charge is 0.434 e. The zero-order valence-corrected chi connectivity index (χ0v) is 9.45. The molecular formula is C11H20O3. The van der Waals surface area contributed by atoms with Crippen LogP contribution in [0.5, 0.6) is 0 Å². The third kappa shape index (κ3) is 5.62. The molecule has 0 radical (unpaired) electrons. The predicted molar refractivity (Wildman–Crippen MR) is 56.1 cm³/mol. The zero-order chi connectivity index (χ0) is 11.1. The first-order valence-corrected chi connectivity index (χ1v) is 4.93. The van der Waals surface area contributed by atoms with E-state index < -0.39 is 6.16 Å². The normalized spacial score (nSPS) is 12.7. The summed E-state index contributed by atoms with van der Waals surface area (Å²) in [5.74, 6) is 0.544. The van der Waals surface area contributed by atoms with Crippen molar-refractivity contribution < 1.29 is 14.3 Å². The standard InChI is InChI=1S/C11H20O3/c1-6-10(9(4)5)14-11(12)13-7-8(2)3/h6,8-10H,1,7H2,2-5H3. The number of carbonyl (C=O) groups is 1. The van der Waals surface area contributed by atoms with Crippen molar-refractivity contribution >= 4 is 6.16 Å². The molecule has 0 bridgehead atoms. The molecule has 3 heteroatoms. The lowest BCUT2D eigenvalue weighted by atomic mass is 10.1. The van der Waals surface area contributed by atoms with E-state index in [0.29, 0.717) is 12.5 Å². The van der Waals surface area contributed by atoms with E-state index in [-0.39, 0.29) is 12.0 Å². The molecule has 14 heavy (non-hydrogen) atoms. The molecule has 3 nitrogen and oxygen atoms in total. The van der Waals surface area contributed by atoms with Gasteiger partial charge in [0.25, 0.3) is 0 Å².